The van der Waals surface area contributed by atoms with Crippen LogP contribution in [0.1, 0.15) is 5.56 Å². The summed E-state index contributed by atoms with van der Waals surface area (Å²) in [6, 6.07) is 4.59. The van der Waals surface area contributed by atoms with Crippen LogP contribution in [0.4, 0.5) is 8.78 Å². The van der Waals surface area contributed by atoms with Gasteiger partial charge >= 0.3 is 0 Å². The monoisotopic (exact) mass is 407 g/mol. The minimum absolute atomic E-state index is 0.0318. The van der Waals surface area contributed by atoms with E-state index in [0.29, 0.717) is 34.1 Å². The van der Waals surface area contributed by atoms with Gasteiger partial charge in [0, 0.05) is 24.0 Å². The minimum atomic E-state index is -0.592. The van der Waals surface area contributed by atoms with Crippen molar-refractivity contribution in [1.82, 2.24) is 24.1 Å². The highest BCUT2D eigenvalue weighted by molar-refractivity contribution is 6.31. The van der Waals surface area contributed by atoms with Crippen LogP contribution in [0.3, 0.4) is 0 Å². The fourth-order valence-electron chi connectivity index (χ4n) is 2.97. The summed E-state index contributed by atoms with van der Waals surface area (Å²) in [5.41, 5.74) is 2.53. The molecule has 27 heavy (non-hydrogen) atoms. The SMILES string of the molecule is FCCn1c(-c2cncc(Cn3cncc3Cl)c2)nc2cc(F)c(Cl)cc21. The van der Waals surface area contributed by atoms with E-state index in [9.17, 15) is 8.78 Å². The summed E-state index contributed by atoms with van der Waals surface area (Å²) >= 11 is 12.0. The molecule has 138 valence electrons. The molecular formula is C18H13Cl2F2N5. The molecule has 0 atom stereocenters. The van der Waals surface area contributed by atoms with Crippen LogP contribution in [0.15, 0.2) is 43.1 Å². The van der Waals surface area contributed by atoms with Gasteiger partial charge in [-0.05, 0) is 17.7 Å². The molecule has 0 bridgehead atoms. The minimum Gasteiger partial charge on any atom is -0.321 e. The van der Waals surface area contributed by atoms with Crippen LogP contribution in [0.25, 0.3) is 22.4 Å². The molecule has 0 N–H and O–H groups in total. The number of rotatable bonds is 5. The van der Waals surface area contributed by atoms with Crippen LogP contribution in [0.5, 0.6) is 0 Å². The van der Waals surface area contributed by atoms with Gasteiger partial charge in [-0.3, -0.25) is 4.98 Å². The molecular weight excluding hydrogens is 395 g/mol. The van der Waals surface area contributed by atoms with Crippen LogP contribution in [-0.2, 0) is 13.1 Å². The molecule has 1 aromatic carbocycles. The molecule has 0 aliphatic carbocycles. The van der Waals surface area contributed by atoms with Crippen LogP contribution >= 0.6 is 23.2 Å². The highest BCUT2D eigenvalue weighted by atomic mass is 35.5. The maximum atomic E-state index is 13.8. The molecule has 0 aliphatic heterocycles. The Kier molecular flexibility index (Phi) is 4.80. The molecule has 0 saturated heterocycles. The molecule has 5 nitrogen and oxygen atoms in total. The zero-order valence-electron chi connectivity index (χ0n) is 13.9. The predicted octanol–water partition coefficient (Wildman–Crippen LogP) is 4.76. The molecule has 4 rings (SSSR count). The van der Waals surface area contributed by atoms with Crippen molar-refractivity contribution in [1.29, 1.82) is 0 Å². The van der Waals surface area contributed by atoms with Crippen molar-refractivity contribution in [3.8, 4) is 11.4 Å². The molecule has 4 aromatic rings. The third kappa shape index (κ3) is 3.40. The summed E-state index contributed by atoms with van der Waals surface area (Å²) in [4.78, 5) is 12.7. The number of nitrogens with zero attached hydrogens (tertiary/aromatic N) is 5. The third-order valence-corrected chi connectivity index (χ3v) is 4.77. The summed E-state index contributed by atoms with van der Waals surface area (Å²) in [5, 5.41) is 0.478. The average molecular weight is 408 g/mol. The highest BCUT2D eigenvalue weighted by Gasteiger charge is 2.16. The van der Waals surface area contributed by atoms with Crippen molar-refractivity contribution in [3.63, 3.8) is 0 Å². The van der Waals surface area contributed by atoms with E-state index in [-0.39, 0.29) is 11.6 Å². The standard InChI is InChI=1S/C18H13Cl2F2N5/c19-13-4-16-15(5-14(13)22)25-18(27(16)2-1-21)12-3-11(6-23-7-12)9-26-10-24-8-17(26)20/h3-8,10H,1-2,9H2. The number of halogens is 4. The van der Waals surface area contributed by atoms with Crippen molar-refractivity contribution in [2.24, 2.45) is 0 Å². The zero-order chi connectivity index (χ0) is 19.0. The average Bonchev–Trinajstić information content (AvgIpc) is 3.20. The van der Waals surface area contributed by atoms with Crippen LogP contribution in [0, 0.1) is 5.82 Å². The number of alkyl halides is 1. The lowest BCUT2D eigenvalue weighted by molar-refractivity contribution is 0.451. The number of benzene rings is 1. The van der Waals surface area contributed by atoms with Gasteiger partial charge in [0.25, 0.3) is 0 Å². The summed E-state index contributed by atoms with van der Waals surface area (Å²) in [6.45, 7) is -0.0416. The largest absolute Gasteiger partial charge is 0.321 e. The van der Waals surface area contributed by atoms with Gasteiger partial charge in [0.05, 0.1) is 41.7 Å². The van der Waals surface area contributed by atoms with Crippen molar-refractivity contribution in [2.45, 2.75) is 13.1 Å². The van der Waals surface area contributed by atoms with Crippen LogP contribution in [0.2, 0.25) is 10.2 Å². The van der Waals surface area contributed by atoms with Gasteiger partial charge in [-0.2, -0.15) is 0 Å². The first-order valence-corrected chi connectivity index (χ1v) is 8.83. The first-order chi connectivity index (χ1) is 13.1. The van der Waals surface area contributed by atoms with Crippen LogP contribution in [-0.4, -0.2) is 30.8 Å². The molecule has 9 heteroatoms. The maximum Gasteiger partial charge on any atom is 0.144 e. The zero-order valence-corrected chi connectivity index (χ0v) is 15.4. The Morgan fingerprint density at radius 3 is 2.63 bits per heavy atom. The lowest BCUT2D eigenvalue weighted by atomic mass is 10.2. The van der Waals surface area contributed by atoms with Crippen molar-refractivity contribution in [2.75, 3.05) is 6.67 Å². The van der Waals surface area contributed by atoms with E-state index in [1.165, 1.54) is 12.1 Å². The molecule has 0 spiro atoms. The van der Waals surface area contributed by atoms with Crippen LogP contribution < -0.4 is 0 Å². The third-order valence-electron chi connectivity index (χ3n) is 4.17. The maximum absolute atomic E-state index is 13.8. The van der Waals surface area contributed by atoms with E-state index in [2.05, 4.69) is 15.0 Å². The van der Waals surface area contributed by atoms with Gasteiger partial charge in [-0.25, -0.2) is 18.7 Å². The summed E-state index contributed by atoms with van der Waals surface area (Å²) in [7, 11) is 0. The topological polar surface area (TPSA) is 48.5 Å². The van der Waals surface area contributed by atoms with E-state index in [1.807, 2.05) is 6.07 Å². The molecule has 0 fully saturated rings. The Bertz CT molecular complexity index is 1120. The lowest BCUT2D eigenvalue weighted by Crippen LogP contribution is -2.04. The number of aromatic nitrogens is 5. The summed E-state index contributed by atoms with van der Waals surface area (Å²) < 4.78 is 30.4. The Balaban J connectivity index is 1.80. The quantitative estimate of drug-likeness (QED) is 0.479. The fourth-order valence-corrected chi connectivity index (χ4v) is 3.28. The highest BCUT2D eigenvalue weighted by Crippen LogP contribution is 2.29. The van der Waals surface area contributed by atoms with Gasteiger partial charge in [0.1, 0.15) is 23.5 Å². The molecule has 0 aliphatic rings. The van der Waals surface area contributed by atoms with Crippen molar-refractivity contribution >= 4 is 34.2 Å². The van der Waals surface area contributed by atoms with E-state index in [4.69, 9.17) is 23.2 Å². The number of imidazole rings is 2. The molecule has 0 unspecified atom stereocenters. The van der Waals surface area contributed by atoms with E-state index in [1.54, 1.807) is 34.1 Å². The normalized spacial score (nSPS) is 11.4. The first-order valence-electron chi connectivity index (χ1n) is 8.08. The number of pyridine rings is 1. The number of aryl methyl sites for hydroxylation is 1. The Morgan fingerprint density at radius 1 is 1.04 bits per heavy atom. The van der Waals surface area contributed by atoms with E-state index < -0.39 is 12.5 Å². The van der Waals surface area contributed by atoms with E-state index >= 15 is 0 Å². The second-order valence-corrected chi connectivity index (χ2v) is 6.75. The molecule has 0 amide bonds. The Labute approximate surface area is 163 Å². The predicted molar refractivity (Wildman–Crippen MR) is 100 cm³/mol. The van der Waals surface area contributed by atoms with Gasteiger partial charge in [-0.15, -0.1) is 0 Å². The number of hydrogen-bond acceptors (Lipinski definition) is 3. The molecule has 3 heterocycles. The summed E-state index contributed by atoms with van der Waals surface area (Å²) in [6.07, 6.45) is 6.52. The molecule has 3 aromatic heterocycles. The second-order valence-electron chi connectivity index (χ2n) is 5.96. The summed E-state index contributed by atoms with van der Waals surface area (Å²) in [5.74, 6) is -0.0716. The second kappa shape index (κ2) is 7.25. The van der Waals surface area contributed by atoms with Crippen molar-refractivity contribution in [3.05, 3.63) is 64.7 Å². The van der Waals surface area contributed by atoms with Gasteiger partial charge in [-0.1, -0.05) is 23.2 Å². The molecule has 0 radical (unpaired) electrons. The Hall–Kier alpha value is -2.51. The lowest BCUT2D eigenvalue weighted by Gasteiger charge is -2.09. The smallest absolute Gasteiger partial charge is 0.144 e. The first kappa shape index (κ1) is 17.9. The van der Waals surface area contributed by atoms with Gasteiger partial charge < -0.3 is 9.13 Å². The fraction of sp³-hybridized carbons (Fsp3) is 0.167. The van der Waals surface area contributed by atoms with E-state index in [0.717, 1.165) is 5.56 Å². The Morgan fingerprint density at radius 2 is 1.89 bits per heavy atom. The molecule has 0 saturated carbocycles. The van der Waals surface area contributed by atoms with Crippen molar-refractivity contribution < 1.29 is 8.78 Å². The number of fused-ring (bicyclic) bond motifs is 1. The number of hydrogen-bond donors (Lipinski definition) is 0. The van der Waals surface area contributed by atoms with Gasteiger partial charge in [0.15, 0.2) is 0 Å². The van der Waals surface area contributed by atoms with Gasteiger partial charge in [0.2, 0.25) is 0 Å².